The number of nitrogens with two attached hydrogens (primary N) is 1. The number of hydrogen-bond acceptors (Lipinski definition) is 5. The van der Waals surface area contributed by atoms with Crippen LogP contribution in [-0.4, -0.2) is 22.9 Å². The predicted octanol–water partition coefficient (Wildman–Crippen LogP) is 5.01. The molecule has 0 radical (unpaired) electrons. The molecule has 6 nitrogen and oxygen atoms in total. The second-order valence-corrected chi connectivity index (χ2v) is 5.81. The maximum Gasteiger partial charge on any atom is 0.512 e. The Labute approximate surface area is 153 Å². The minimum Gasteiger partial charge on any atom is -0.489 e. The molecule has 0 amide bonds. The lowest BCUT2D eigenvalue weighted by molar-refractivity contribution is 0.142. The van der Waals surface area contributed by atoms with Crippen molar-refractivity contribution in [3.8, 4) is 22.9 Å². The molecule has 0 aliphatic heterocycles. The summed E-state index contributed by atoms with van der Waals surface area (Å²) in [6.07, 6.45) is -0.00145. The Morgan fingerprint density at radius 1 is 1.40 bits per heavy atom. The van der Waals surface area contributed by atoms with Crippen molar-refractivity contribution in [2.75, 3.05) is 12.3 Å². The molecule has 0 atom stereocenters. The third-order valence-electron chi connectivity index (χ3n) is 3.21. The third-order valence-corrected chi connectivity index (χ3v) is 3.89. The lowest BCUT2D eigenvalue weighted by atomic mass is 10.1. The van der Waals surface area contributed by atoms with Gasteiger partial charge in [-0.15, -0.1) is 0 Å². The molecule has 2 rings (SSSR count). The summed E-state index contributed by atoms with van der Waals surface area (Å²) in [6, 6.07) is 4.13. The molecule has 0 unspecified atom stereocenters. The van der Waals surface area contributed by atoms with Crippen LogP contribution in [0, 0.1) is 5.82 Å². The fourth-order valence-corrected chi connectivity index (χ4v) is 2.33. The third kappa shape index (κ3) is 4.43. The van der Waals surface area contributed by atoms with Crippen LogP contribution in [0.15, 0.2) is 18.2 Å². The number of nitrogens with zero attached hydrogens (tertiary/aromatic N) is 1. The minimum atomic E-state index is -1.62. The quantitative estimate of drug-likeness (QED) is 0.533. The molecule has 0 saturated carbocycles. The standard InChI is InChI=1S/C16H15Cl2FN2O4/c1-2-3-6-24-14-9(17)5-4-8(13(14)19)11-7-10(20)12(18)15(21-11)25-16(22)23/h4-5,7H,2-3,6H2,1H3,(H2,20,21)(H,22,23). The maximum absolute atomic E-state index is 14.8. The van der Waals surface area contributed by atoms with Gasteiger partial charge in [-0.25, -0.2) is 14.2 Å². The second kappa shape index (κ2) is 8.22. The van der Waals surface area contributed by atoms with Gasteiger partial charge in [0.05, 0.1) is 23.0 Å². The molecule has 0 aliphatic rings. The molecule has 0 spiro atoms. The molecule has 0 saturated heterocycles. The van der Waals surface area contributed by atoms with Gasteiger partial charge in [0.1, 0.15) is 5.02 Å². The van der Waals surface area contributed by atoms with Crippen LogP contribution in [0.2, 0.25) is 10.0 Å². The smallest absolute Gasteiger partial charge is 0.489 e. The fourth-order valence-electron chi connectivity index (χ4n) is 1.99. The van der Waals surface area contributed by atoms with Crippen LogP contribution < -0.4 is 15.2 Å². The Balaban J connectivity index is 2.49. The fraction of sp³-hybridized carbons (Fsp3) is 0.250. The molecule has 25 heavy (non-hydrogen) atoms. The lowest BCUT2D eigenvalue weighted by Gasteiger charge is -2.13. The normalized spacial score (nSPS) is 10.6. The van der Waals surface area contributed by atoms with Gasteiger partial charge >= 0.3 is 6.16 Å². The summed E-state index contributed by atoms with van der Waals surface area (Å²) >= 11 is 11.9. The van der Waals surface area contributed by atoms with Gasteiger partial charge in [-0.1, -0.05) is 36.5 Å². The van der Waals surface area contributed by atoms with Crippen LogP contribution in [0.3, 0.4) is 0 Å². The van der Waals surface area contributed by atoms with E-state index in [1.54, 1.807) is 0 Å². The zero-order valence-electron chi connectivity index (χ0n) is 13.2. The highest BCUT2D eigenvalue weighted by Gasteiger charge is 2.20. The number of halogens is 3. The highest BCUT2D eigenvalue weighted by Crippen LogP contribution is 2.38. The van der Waals surface area contributed by atoms with E-state index in [1.165, 1.54) is 18.2 Å². The number of aromatic nitrogens is 1. The van der Waals surface area contributed by atoms with Gasteiger partial charge in [-0.2, -0.15) is 0 Å². The van der Waals surface area contributed by atoms with Crippen molar-refractivity contribution >= 4 is 35.0 Å². The average Bonchev–Trinajstić information content (AvgIpc) is 2.54. The van der Waals surface area contributed by atoms with Gasteiger partial charge in [0, 0.05) is 5.56 Å². The summed E-state index contributed by atoms with van der Waals surface area (Å²) in [5, 5.41) is 8.66. The van der Waals surface area contributed by atoms with Crippen molar-refractivity contribution in [2.24, 2.45) is 0 Å². The Kier molecular flexibility index (Phi) is 6.27. The number of ether oxygens (including phenoxy) is 2. The van der Waals surface area contributed by atoms with Gasteiger partial charge in [0.15, 0.2) is 11.6 Å². The summed E-state index contributed by atoms with van der Waals surface area (Å²) in [7, 11) is 0. The number of benzene rings is 1. The summed E-state index contributed by atoms with van der Waals surface area (Å²) in [5.74, 6) is -1.28. The van der Waals surface area contributed by atoms with E-state index in [4.69, 9.17) is 38.8 Å². The molecule has 1 aromatic carbocycles. The number of hydrogen-bond donors (Lipinski definition) is 2. The van der Waals surface area contributed by atoms with Crippen molar-refractivity contribution in [1.29, 1.82) is 0 Å². The molecular formula is C16H15Cl2FN2O4. The maximum atomic E-state index is 14.8. The average molecular weight is 389 g/mol. The second-order valence-electron chi connectivity index (χ2n) is 5.02. The zero-order valence-corrected chi connectivity index (χ0v) is 14.7. The number of carbonyl (C=O) groups is 1. The van der Waals surface area contributed by atoms with Crippen molar-refractivity contribution < 1.29 is 23.8 Å². The lowest BCUT2D eigenvalue weighted by Crippen LogP contribution is -2.07. The molecule has 0 fully saturated rings. The van der Waals surface area contributed by atoms with Crippen molar-refractivity contribution in [2.45, 2.75) is 19.8 Å². The monoisotopic (exact) mass is 388 g/mol. The minimum absolute atomic E-state index is 0.00859. The van der Waals surface area contributed by atoms with E-state index in [9.17, 15) is 9.18 Å². The van der Waals surface area contributed by atoms with Crippen LogP contribution in [0.4, 0.5) is 14.9 Å². The van der Waals surface area contributed by atoms with Crippen molar-refractivity contribution in [3.05, 3.63) is 34.1 Å². The summed E-state index contributed by atoms with van der Waals surface area (Å²) in [5.41, 5.74) is 5.78. The molecular weight excluding hydrogens is 374 g/mol. The molecule has 134 valence electrons. The molecule has 3 N–H and O–H groups in total. The van der Waals surface area contributed by atoms with Gasteiger partial charge < -0.3 is 20.3 Å². The predicted molar refractivity (Wildman–Crippen MR) is 93.1 cm³/mol. The van der Waals surface area contributed by atoms with Gasteiger partial charge in [0.25, 0.3) is 0 Å². The first-order valence-corrected chi connectivity index (χ1v) is 8.08. The van der Waals surface area contributed by atoms with E-state index < -0.39 is 17.9 Å². The van der Waals surface area contributed by atoms with Gasteiger partial charge in [-0.05, 0) is 24.6 Å². The molecule has 9 heteroatoms. The van der Waals surface area contributed by atoms with E-state index in [0.29, 0.717) is 6.61 Å². The first-order chi connectivity index (χ1) is 11.8. The number of unbranched alkanes of at least 4 members (excludes halogenated alkanes) is 1. The Morgan fingerprint density at radius 2 is 2.12 bits per heavy atom. The number of nitrogen functional groups attached to an aromatic ring is 1. The first kappa shape index (κ1) is 19.1. The highest BCUT2D eigenvalue weighted by atomic mass is 35.5. The van der Waals surface area contributed by atoms with E-state index in [-0.39, 0.29) is 32.7 Å². The number of anilines is 1. The van der Waals surface area contributed by atoms with Crippen LogP contribution in [0.1, 0.15) is 19.8 Å². The molecule has 1 heterocycles. The van der Waals surface area contributed by atoms with Crippen LogP contribution >= 0.6 is 23.2 Å². The molecule has 0 bridgehead atoms. The topological polar surface area (TPSA) is 94.7 Å². The summed E-state index contributed by atoms with van der Waals surface area (Å²) < 4.78 is 24.7. The largest absolute Gasteiger partial charge is 0.512 e. The highest BCUT2D eigenvalue weighted by molar-refractivity contribution is 6.34. The first-order valence-electron chi connectivity index (χ1n) is 7.33. The molecule has 2 aromatic rings. The van der Waals surface area contributed by atoms with Crippen molar-refractivity contribution in [3.63, 3.8) is 0 Å². The Bertz CT molecular complexity index is 802. The van der Waals surface area contributed by atoms with E-state index in [0.717, 1.165) is 12.8 Å². The van der Waals surface area contributed by atoms with Gasteiger partial charge in [0.2, 0.25) is 5.88 Å². The summed E-state index contributed by atoms with van der Waals surface area (Å²) in [4.78, 5) is 14.6. The Morgan fingerprint density at radius 3 is 2.76 bits per heavy atom. The number of carboxylic acid groups (broad SMARTS) is 1. The van der Waals surface area contributed by atoms with Crippen LogP contribution in [0.5, 0.6) is 11.6 Å². The number of pyridine rings is 1. The Hall–Kier alpha value is -2.25. The SMILES string of the molecule is CCCCOc1c(Cl)ccc(-c2cc(N)c(Cl)c(OC(=O)O)n2)c1F. The van der Waals surface area contributed by atoms with Gasteiger partial charge in [-0.3, -0.25) is 0 Å². The number of rotatable bonds is 6. The molecule has 1 aromatic heterocycles. The van der Waals surface area contributed by atoms with Crippen LogP contribution in [0.25, 0.3) is 11.3 Å². The van der Waals surface area contributed by atoms with E-state index in [1.807, 2.05) is 6.92 Å². The van der Waals surface area contributed by atoms with E-state index >= 15 is 0 Å². The van der Waals surface area contributed by atoms with E-state index in [2.05, 4.69) is 9.72 Å². The van der Waals surface area contributed by atoms with Crippen molar-refractivity contribution in [1.82, 2.24) is 4.98 Å². The molecule has 0 aliphatic carbocycles. The van der Waals surface area contributed by atoms with Crippen LogP contribution in [-0.2, 0) is 0 Å². The summed E-state index contributed by atoms with van der Waals surface area (Å²) in [6.45, 7) is 2.28. The zero-order chi connectivity index (χ0) is 18.6.